The number of carbonyl (C=O) groups excluding carboxylic acids is 1. The summed E-state index contributed by atoms with van der Waals surface area (Å²) >= 11 is 0. The molecule has 1 aliphatic carbocycles. The summed E-state index contributed by atoms with van der Waals surface area (Å²) in [6.07, 6.45) is 6.48. The quantitative estimate of drug-likeness (QED) is 0.492. The van der Waals surface area contributed by atoms with E-state index in [1.165, 1.54) is 0 Å². The van der Waals surface area contributed by atoms with Gasteiger partial charge >= 0.3 is 6.16 Å². The molecule has 0 saturated carbocycles. The highest BCUT2D eigenvalue weighted by Gasteiger charge is 2.45. The van der Waals surface area contributed by atoms with Gasteiger partial charge < -0.3 is 9.47 Å². The Hall–Kier alpha value is -1.25. The first-order valence-corrected chi connectivity index (χ1v) is 3.46. The maximum Gasteiger partial charge on any atom is 0.510 e. The minimum atomic E-state index is -0.589. The number of allylic oxidation sites excluding steroid dienone is 2. The summed E-state index contributed by atoms with van der Waals surface area (Å²) in [6.45, 7) is 1.82. The molecule has 2 unspecified atom stereocenters. The van der Waals surface area contributed by atoms with E-state index in [1.807, 2.05) is 31.2 Å². The van der Waals surface area contributed by atoms with Gasteiger partial charge in [0.25, 0.3) is 0 Å². The number of carbonyl (C=O) groups is 1. The first-order chi connectivity index (χ1) is 5.21. The molecule has 3 nitrogen and oxygen atoms in total. The highest BCUT2D eigenvalue weighted by Crippen LogP contribution is 2.31. The third-order valence-electron chi connectivity index (χ3n) is 1.92. The lowest BCUT2D eigenvalue weighted by Crippen LogP contribution is -2.33. The van der Waals surface area contributed by atoms with Gasteiger partial charge in [-0.3, -0.25) is 0 Å². The van der Waals surface area contributed by atoms with Gasteiger partial charge in [0.05, 0.1) is 0 Å². The molecule has 0 amide bonds. The summed E-state index contributed by atoms with van der Waals surface area (Å²) in [5.41, 5.74) is -0.578. The number of fused-ring (bicyclic) bond motifs is 1. The molecule has 0 aromatic rings. The molecule has 0 spiro atoms. The summed E-state index contributed by atoms with van der Waals surface area (Å²) in [5, 5.41) is 0. The van der Waals surface area contributed by atoms with Crippen molar-refractivity contribution in [3.63, 3.8) is 0 Å². The molecule has 0 aromatic heterocycles. The van der Waals surface area contributed by atoms with E-state index in [2.05, 4.69) is 0 Å². The second-order valence-electron chi connectivity index (χ2n) is 2.82. The predicted molar refractivity (Wildman–Crippen MR) is 38.0 cm³/mol. The predicted octanol–water partition coefficient (Wildman–Crippen LogP) is 1.41. The third-order valence-corrected chi connectivity index (χ3v) is 1.92. The Morgan fingerprint density at radius 2 is 2.36 bits per heavy atom. The topological polar surface area (TPSA) is 35.5 Å². The number of ether oxygens (including phenoxy) is 2. The number of rotatable bonds is 0. The van der Waals surface area contributed by atoms with Crippen molar-refractivity contribution in [2.45, 2.75) is 18.6 Å². The number of hydrogen-bond acceptors (Lipinski definition) is 3. The van der Waals surface area contributed by atoms with Gasteiger partial charge in [-0.15, -0.1) is 0 Å². The zero-order valence-electron chi connectivity index (χ0n) is 6.11. The standard InChI is InChI=1S/C8H8O3/c1-8-5-3-2-4-6(8)10-7(9)11-8/h2-6H,1H3. The van der Waals surface area contributed by atoms with Crippen LogP contribution in [0.3, 0.4) is 0 Å². The van der Waals surface area contributed by atoms with E-state index in [4.69, 9.17) is 9.47 Å². The Morgan fingerprint density at radius 3 is 3.09 bits per heavy atom. The second-order valence-corrected chi connectivity index (χ2v) is 2.82. The van der Waals surface area contributed by atoms with Crippen molar-refractivity contribution in [1.82, 2.24) is 0 Å². The van der Waals surface area contributed by atoms with Gasteiger partial charge in [0.1, 0.15) is 0 Å². The van der Waals surface area contributed by atoms with Crippen LogP contribution in [0.5, 0.6) is 0 Å². The monoisotopic (exact) mass is 152 g/mol. The first-order valence-electron chi connectivity index (χ1n) is 3.46. The van der Waals surface area contributed by atoms with E-state index < -0.39 is 11.8 Å². The van der Waals surface area contributed by atoms with Crippen molar-refractivity contribution in [1.29, 1.82) is 0 Å². The lowest BCUT2D eigenvalue weighted by Gasteiger charge is -2.22. The summed E-state index contributed by atoms with van der Waals surface area (Å²) < 4.78 is 9.82. The van der Waals surface area contributed by atoms with Crippen LogP contribution in [-0.2, 0) is 9.47 Å². The molecule has 11 heavy (non-hydrogen) atoms. The molecule has 2 atom stereocenters. The molecule has 58 valence electrons. The van der Waals surface area contributed by atoms with Crippen molar-refractivity contribution in [3.05, 3.63) is 24.3 Å². The largest absolute Gasteiger partial charge is 0.510 e. The molecule has 0 N–H and O–H groups in total. The highest BCUT2D eigenvalue weighted by molar-refractivity contribution is 5.65. The van der Waals surface area contributed by atoms with Crippen LogP contribution in [0.2, 0.25) is 0 Å². The highest BCUT2D eigenvalue weighted by atomic mass is 16.8. The Bertz CT molecular complexity index is 254. The van der Waals surface area contributed by atoms with Crippen molar-refractivity contribution < 1.29 is 14.3 Å². The van der Waals surface area contributed by atoms with Gasteiger partial charge in [-0.1, -0.05) is 12.2 Å². The van der Waals surface area contributed by atoms with Crippen LogP contribution in [0.1, 0.15) is 6.92 Å². The van der Waals surface area contributed by atoms with E-state index in [9.17, 15) is 4.79 Å². The Labute approximate surface area is 64.3 Å². The molecular formula is C8H8O3. The molecule has 1 saturated heterocycles. The van der Waals surface area contributed by atoms with Crippen LogP contribution in [-0.4, -0.2) is 17.9 Å². The second kappa shape index (κ2) is 1.87. The molecule has 1 fully saturated rings. The van der Waals surface area contributed by atoms with Crippen molar-refractivity contribution >= 4 is 6.16 Å². The van der Waals surface area contributed by atoms with Crippen LogP contribution in [0.15, 0.2) is 24.3 Å². The minimum absolute atomic E-state index is 0.250. The molecule has 0 bridgehead atoms. The molecule has 3 heteroatoms. The first kappa shape index (κ1) is 6.46. The van der Waals surface area contributed by atoms with Gasteiger partial charge in [-0.05, 0) is 19.1 Å². The van der Waals surface area contributed by atoms with Crippen LogP contribution in [0, 0.1) is 0 Å². The van der Waals surface area contributed by atoms with Gasteiger partial charge in [-0.2, -0.15) is 0 Å². The van der Waals surface area contributed by atoms with Crippen LogP contribution < -0.4 is 0 Å². The molecule has 1 aliphatic heterocycles. The van der Waals surface area contributed by atoms with E-state index in [0.29, 0.717) is 0 Å². The van der Waals surface area contributed by atoms with Gasteiger partial charge in [0.15, 0.2) is 11.7 Å². The van der Waals surface area contributed by atoms with Crippen LogP contribution in [0.25, 0.3) is 0 Å². The summed E-state index contributed by atoms with van der Waals surface area (Å²) in [7, 11) is 0. The molecular weight excluding hydrogens is 144 g/mol. The summed E-state index contributed by atoms with van der Waals surface area (Å²) in [4.78, 5) is 10.7. The van der Waals surface area contributed by atoms with Crippen molar-refractivity contribution in [2.24, 2.45) is 0 Å². The van der Waals surface area contributed by atoms with E-state index in [0.717, 1.165) is 0 Å². The maximum atomic E-state index is 10.7. The SMILES string of the molecule is CC12C=CC=CC1OC(=O)O2. The zero-order chi connectivity index (χ0) is 7.90. The van der Waals surface area contributed by atoms with Crippen molar-refractivity contribution in [2.75, 3.05) is 0 Å². The van der Waals surface area contributed by atoms with Crippen molar-refractivity contribution in [3.8, 4) is 0 Å². The third kappa shape index (κ3) is 0.843. The Balaban J connectivity index is 2.34. The minimum Gasteiger partial charge on any atom is -0.422 e. The Morgan fingerprint density at radius 1 is 1.55 bits per heavy atom. The average Bonchev–Trinajstić information content (AvgIpc) is 2.22. The van der Waals surface area contributed by atoms with Gasteiger partial charge in [0.2, 0.25) is 0 Å². The van der Waals surface area contributed by atoms with E-state index >= 15 is 0 Å². The summed E-state index contributed by atoms with van der Waals surface area (Å²) in [6, 6.07) is 0. The molecule has 1 heterocycles. The zero-order valence-corrected chi connectivity index (χ0v) is 6.11. The smallest absolute Gasteiger partial charge is 0.422 e. The van der Waals surface area contributed by atoms with Gasteiger partial charge in [0, 0.05) is 0 Å². The maximum absolute atomic E-state index is 10.7. The van der Waals surface area contributed by atoms with Crippen LogP contribution in [0.4, 0.5) is 4.79 Å². The van der Waals surface area contributed by atoms with E-state index in [-0.39, 0.29) is 6.10 Å². The van der Waals surface area contributed by atoms with Crippen LogP contribution >= 0.6 is 0 Å². The van der Waals surface area contributed by atoms with Gasteiger partial charge in [-0.25, -0.2) is 4.79 Å². The lowest BCUT2D eigenvalue weighted by molar-refractivity contribution is 0.0965. The average molecular weight is 152 g/mol. The van der Waals surface area contributed by atoms with E-state index in [1.54, 1.807) is 0 Å². The molecule has 0 aromatic carbocycles. The fraction of sp³-hybridized carbons (Fsp3) is 0.375. The molecule has 2 aliphatic rings. The summed E-state index contributed by atoms with van der Waals surface area (Å²) in [5.74, 6) is 0. The molecule has 2 rings (SSSR count). The lowest BCUT2D eigenvalue weighted by atomic mass is 9.95. The molecule has 0 radical (unpaired) electrons. The number of hydrogen-bond donors (Lipinski definition) is 0. The Kier molecular flexibility index (Phi) is 1.10. The fourth-order valence-corrected chi connectivity index (χ4v) is 1.25. The fourth-order valence-electron chi connectivity index (χ4n) is 1.25. The normalized spacial score (nSPS) is 39.7.